The molecule has 2 aliphatic heterocycles. The molecule has 1 aliphatic carbocycles. The van der Waals surface area contributed by atoms with Crippen molar-refractivity contribution >= 4 is 91.4 Å². The minimum atomic E-state index is -1.20. The molecule has 2 atom stereocenters. The molecule has 12 heteroatoms. The van der Waals surface area contributed by atoms with E-state index in [1.54, 1.807) is 24.8 Å². The highest BCUT2D eigenvalue weighted by Crippen LogP contribution is 2.52. The maximum atomic E-state index is 14.1. The lowest BCUT2D eigenvalue weighted by atomic mass is 9.75. The SMILES string of the molecule is CC(C)(CN1CC(=S)S/C(=c2/s/c(=C\c3ccc4c(c3)C3CCCC3N4c3ccc(C=C(c4ccccc4)c4ccccc4)cc3)c(=O)n2CC(=O)O)C1=O)CC(C)(C)C(=O)O. The van der Waals surface area contributed by atoms with Gasteiger partial charge in [-0.25, -0.2) is 0 Å². The van der Waals surface area contributed by atoms with Gasteiger partial charge in [0.1, 0.15) is 16.1 Å². The molecule has 9 nitrogen and oxygen atoms in total. The Kier molecular flexibility index (Phi) is 12.0. The van der Waals surface area contributed by atoms with Gasteiger partial charge in [-0.3, -0.25) is 23.7 Å². The maximum absolute atomic E-state index is 14.1. The predicted molar refractivity (Wildman–Crippen MR) is 254 cm³/mol. The summed E-state index contributed by atoms with van der Waals surface area (Å²) >= 11 is 7.84. The summed E-state index contributed by atoms with van der Waals surface area (Å²) in [4.78, 5) is 56.5. The molecule has 2 unspecified atom stereocenters. The first-order chi connectivity index (χ1) is 29.6. The highest BCUT2D eigenvalue weighted by molar-refractivity contribution is 8.30. The quantitative estimate of drug-likeness (QED) is 0.0937. The number of amides is 1. The number of thiocarbonyl (C=S) groups is 1. The van der Waals surface area contributed by atoms with Gasteiger partial charge in [-0.05, 0) is 108 Å². The van der Waals surface area contributed by atoms with Gasteiger partial charge in [0.2, 0.25) is 0 Å². The predicted octanol–water partition coefficient (Wildman–Crippen LogP) is 8.74. The number of hydrogen-bond acceptors (Lipinski definition) is 8. The Balaban J connectivity index is 1.12. The smallest absolute Gasteiger partial charge is 0.323 e. The number of carboxylic acids is 2. The van der Waals surface area contributed by atoms with Crippen LogP contribution in [0.4, 0.5) is 11.4 Å². The second-order valence-corrected chi connectivity index (χ2v) is 20.8. The molecule has 2 fully saturated rings. The first-order valence-electron chi connectivity index (χ1n) is 20.9. The third-order valence-corrected chi connectivity index (χ3v) is 14.6. The molecule has 1 amide bonds. The largest absolute Gasteiger partial charge is 0.481 e. The zero-order valence-electron chi connectivity index (χ0n) is 35.2. The first-order valence-corrected chi connectivity index (χ1v) is 22.9. The topological polar surface area (TPSA) is 120 Å². The van der Waals surface area contributed by atoms with E-state index >= 15 is 0 Å². The minimum Gasteiger partial charge on any atom is -0.481 e. The molecule has 4 aromatic carbocycles. The first kappa shape index (κ1) is 43.1. The Labute approximate surface area is 374 Å². The van der Waals surface area contributed by atoms with Crippen LogP contribution < -0.4 is 19.7 Å². The Hall–Kier alpha value is -5.56. The van der Waals surface area contributed by atoms with Gasteiger partial charge >= 0.3 is 11.9 Å². The van der Waals surface area contributed by atoms with Crippen LogP contribution in [0, 0.1) is 10.8 Å². The van der Waals surface area contributed by atoms with Crippen LogP contribution in [-0.4, -0.2) is 60.9 Å². The van der Waals surface area contributed by atoms with Crippen LogP contribution in [0.25, 0.3) is 22.6 Å². The summed E-state index contributed by atoms with van der Waals surface area (Å²) in [7, 11) is 0. The standard InChI is InChI=1S/C50H49N3O6S3/c1-49(2,29-50(3,4)48(58)59)30-51-28-43(60)62-44(46(51)57)47-52(27-42(54)55)45(56)41(61-47)26-32-20-23-40-38(25-32)36-16-11-17-39(36)53(40)35-21-18-31(19-22-35)24-37(33-12-7-5-8-13-33)34-14-9-6-10-15-34/h5-10,12-15,18-26,36,39H,11,16-17,27-30H2,1-4H3,(H,54,55)(H,58,59)/b41-26-,47-44+. The monoisotopic (exact) mass is 883 g/mol. The minimum absolute atomic E-state index is 0.186. The molecule has 62 heavy (non-hydrogen) atoms. The number of aromatic nitrogens is 1. The number of carboxylic acid groups (broad SMARTS) is 2. The maximum Gasteiger partial charge on any atom is 0.323 e. The third-order valence-electron chi connectivity index (χ3n) is 12.0. The molecule has 1 saturated heterocycles. The van der Waals surface area contributed by atoms with Crippen LogP contribution in [0.15, 0.2) is 108 Å². The molecule has 8 rings (SSSR count). The van der Waals surface area contributed by atoms with E-state index in [4.69, 9.17) is 12.2 Å². The number of thioether (sulfide) groups is 1. The molecule has 0 spiro atoms. The van der Waals surface area contributed by atoms with E-state index in [0.29, 0.717) is 27.1 Å². The molecule has 318 valence electrons. The van der Waals surface area contributed by atoms with Gasteiger partial charge in [-0.2, -0.15) is 0 Å². The lowest BCUT2D eigenvalue weighted by Gasteiger charge is -2.38. The molecule has 5 aromatic rings. The summed E-state index contributed by atoms with van der Waals surface area (Å²) in [5.41, 5.74) is 6.82. The van der Waals surface area contributed by atoms with E-state index in [2.05, 4.69) is 95.9 Å². The summed E-state index contributed by atoms with van der Waals surface area (Å²) in [5, 5.41) is 19.7. The van der Waals surface area contributed by atoms with Crippen molar-refractivity contribution in [2.24, 2.45) is 10.8 Å². The van der Waals surface area contributed by atoms with Crippen molar-refractivity contribution < 1.29 is 24.6 Å². The highest BCUT2D eigenvalue weighted by Gasteiger charge is 2.42. The van der Waals surface area contributed by atoms with Crippen LogP contribution in [0.5, 0.6) is 0 Å². The molecule has 3 heterocycles. The van der Waals surface area contributed by atoms with Crippen LogP contribution in [0.1, 0.15) is 87.1 Å². The van der Waals surface area contributed by atoms with Crippen molar-refractivity contribution in [3.63, 3.8) is 0 Å². The van der Waals surface area contributed by atoms with Crippen molar-refractivity contribution in [1.82, 2.24) is 9.47 Å². The molecular weight excluding hydrogens is 835 g/mol. The number of anilines is 2. The summed E-state index contributed by atoms with van der Waals surface area (Å²) < 4.78 is 2.23. The Bertz CT molecular complexity index is 2750. The number of thiazole rings is 1. The third kappa shape index (κ3) is 8.86. The van der Waals surface area contributed by atoms with E-state index < -0.39 is 34.9 Å². The summed E-state index contributed by atoms with van der Waals surface area (Å²) in [6, 6.07) is 36.2. The van der Waals surface area contributed by atoms with Crippen LogP contribution in [-0.2, 0) is 20.9 Å². The van der Waals surface area contributed by atoms with E-state index in [1.165, 1.54) is 5.56 Å². The van der Waals surface area contributed by atoms with Gasteiger partial charge in [-0.1, -0.05) is 123 Å². The normalized spacial score (nSPS) is 18.8. The number of benzene rings is 4. The summed E-state index contributed by atoms with van der Waals surface area (Å²) in [6.07, 6.45) is 7.59. The van der Waals surface area contributed by atoms with Crippen molar-refractivity contribution in [2.45, 2.75) is 71.9 Å². The molecule has 3 aliphatic rings. The lowest BCUT2D eigenvalue weighted by Crippen LogP contribution is -2.47. The summed E-state index contributed by atoms with van der Waals surface area (Å²) in [6.45, 7) is 6.97. The van der Waals surface area contributed by atoms with Gasteiger partial charge in [0.05, 0.1) is 20.7 Å². The van der Waals surface area contributed by atoms with Gasteiger partial charge in [0, 0.05) is 29.9 Å². The van der Waals surface area contributed by atoms with Crippen molar-refractivity contribution in [3.05, 3.63) is 150 Å². The highest BCUT2D eigenvalue weighted by atomic mass is 32.2. The number of rotatable bonds is 12. The second-order valence-electron chi connectivity index (χ2n) is 17.9. The average Bonchev–Trinajstić information content (AvgIpc) is 3.91. The molecule has 0 radical (unpaired) electrons. The number of fused-ring (bicyclic) bond motifs is 3. The zero-order chi connectivity index (χ0) is 43.9. The number of carbonyl (C=O) groups is 3. The Morgan fingerprint density at radius 1 is 0.855 bits per heavy atom. The van der Waals surface area contributed by atoms with Crippen LogP contribution >= 0.6 is 35.3 Å². The van der Waals surface area contributed by atoms with Crippen LogP contribution in [0.3, 0.4) is 0 Å². The van der Waals surface area contributed by atoms with Gasteiger partial charge in [0.15, 0.2) is 0 Å². The Morgan fingerprint density at radius 3 is 2.13 bits per heavy atom. The van der Waals surface area contributed by atoms with Crippen molar-refractivity contribution in [1.29, 1.82) is 0 Å². The zero-order valence-corrected chi connectivity index (χ0v) is 37.6. The molecular formula is C50H49N3O6S3. The van der Waals surface area contributed by atoms with Crippen molar-refractivity contribution in [2.75, 3.05) is 18.0 Å². The number of nitrogens with zero attached hydrogens (tertiary/aromatic N) is 3. The molecule has 0 bridgehead atoms. The Morgan fingerprint density at radius 2 is 1.50 bits per heavy atom. The second kappa shape index (κ2) is 17.3. The van der Waals surface area contributed by atoms with Gasteiger partial charge < -0.3 is 20.0 Å². The number of hydrogen-bond donors (Lipinski definition) is 2. The lowest BCUT2D eigenvalue weighted by molar-refractivity contribution is -0.149. The van der Waals surface area contributed by atoms with E-state index in [-0.39, 0.29) is 28.6 Å². The fourth-order valence-electron chi connectivity index (χ4n) is 9.55. The van der Waals surface area contributed by atoms with Crippen LogP contribution in [0.2, 0.25) is 0 Å². The molecule has 2 N–H and O–H groups in total. The number of aliphatic carboxylic acids is 2. The molecule has 1 saturated carbocycles. The molecule has 1 aromatic heterocycles. The fraction of sp³-hybridized carbons (Fsp3) is 0.300. The number of carbonyl (C=O) groups excluding carboxylic acids is 1. The van der Waals surface area contributed by atoms with Gasteiger partial charge in [0.25, 0.3) is 11.5 Å². The van der Waals surface area contributed by atoms with E-state index in [1.807, 2.05) is 32.0 Å². The van der Waals surface area contributed by atoms with E-state index in [9.17, 15) is 29.4 Å². The summed E-state index contributed by atoms with van der Waals surface area (Å²) in [5.74, 6) is -2.16. The average molecular weight is 884 g/mol. The fourth-order valence-corrected chi connectivity index (χ4v) is 12.1. The van der Waals surface area contributed by atoms with E-state index in [0.717, 1.165) is 86.1 Å². The van der Waals surface area contributed by atoms with Gasteiger partial charge in [-0.15, -0.1) is 11.3 Å². The van der Waals surface area contributed by atoms with Crippen molar-refractivity contribution in [3.8, 4) is 0 Å².